The Balaban J connectivity index is 1.91. The van der Waals surface area contributed by atoms with Gasteiger partial charge in [0.25, 0.3) is 11.6 Å². The molecule has 0 radical (unpaired) electrons. The lowest BCUT2D eigenvalue weighted by molar-refractivity contribution is -0.384. The van der Waals surface area contributed by atoms with Gasteiger partial charge < -0.3 is 5.32 Å². The Kier molecular flexibility index (Phi) is 6.35. The molecule has 2 rings (SSSR count). The number of carbonyl (C=O) groups excluding carboxylic acids is 1. The van der Waals surface area contributed by atoms with Crippen LogP contribution in [0.2, 0.25) is 5.02 Å². The second-order valence-electron chi connectivity index (χ2n) is 5.19. The predicted molar refractivity (Wildman–Crippen MR) is 93.8 cm³/mol. The first-order valence-corrected chi connectivity index (χ1v) is 7.71. The van der Waals surface area contributed by atoms with E-state index in [1.807, 2.05) is 0 Å². The molecule has 0 bridgehead atoms. The summed E-state index contributed by atoms with van der Waals surface area (Å²) < 4.78 is 37.9. The number of anilines is 1. The van der Waals surface area contributed by atoms with E-state index in [1.54, 1.807) is 0 Å². The number of hydrazone groups is 1. The fourth-order valence-corrected chi connectivity index (χ4v) is 2.14. The van der Waals surface area contributed by atoms with Gasteiger partial charge in [-0.25, -0.2) is 5.43 Å². The molecule has 1 amide bonds. The second kappa shape index (κ2) is 8.49. The van der Waals surface area contributed by atoms with Gasteiger partial charge >= 0.3 is 6.18 Å². The van der Waals surface area contributed by atoms with Gasteiger partial charge in [-0.15, -0.1) is 0 Å². The minimum atomic E-state index is -4.48. The highest BCUT2D eigenvalue weighted by atomic mass is 35.5. The van der Waals surface area contributed by atoms with Gasteiger partial charge in [0.05, 0.1) is 23.2 Å². The number of hydrogen-bond acceptors (Lipinski definition) is 5. The van der Waals surface area contributed by atoms with Crippen LogP contribution in [0, 0.1) is 10.1 Å². The van der Waals surface area contributed by atoms with Gasteiger partial charge in [-0.2, -0.15) is 18.3 Å². The van der Waals surface area contributed by atoms with Crippen molar-refractivity contribution in [1.29, 1.82) is 0 Å². The Morgan fingerprint density at radius 2 is 2.00 bits per heavy atom. The summed E-state index contributed by atoms with van der Waals surface area (Å²) in [6.45, 7) is -0.320. The lowest BCUT2D eigenvalue weighted by Gasteiger charge is -2.10. The quantitative estimate of drug-likeness (QED) is 0.437. The number of nitrogens with zero attached hydrogens (tertiary/aromatic N) is 2. The zero-order valence-corrected chi connectivity index (χ0v) is 14.2. The molecule has 11 heteroatoms. The molecule has 2 N–H and O–H groups in total. The maximum absolute atomic E-state index is 12.6. The van der Waals surface area contributed by atoms with Crippen LogP contribution in [-0.2, 0) is 11.0 Å². The van der Waals surface area contributed by atoms with Crippen LogP contribution in [0.5, 0.6) is 0 Å². The summed E-state index contributed by atoms with van der Waals surface area (Å²) in [6.07, 6.45) is -3.31. The smallest absolute Gasteiger partial charge is 0.376 e. The van der Waals surface area contributed by atoms with Crippen molar-refractivity contribution in [2.75, 3.05) is 11.9 Å². The predicted octanol–water partition coefficient (Wildman–Crippen LogP) is 3.83. The van der Waals surface area contributed by atoms with E-state index in [2.05, 4.69) is 15.8 Å². The molecule has 0 aliphatic heterocycles. The minimum Gasteiger partial charge on any atom is -0.376 e. The number of nitrogens with one attached hydrogen (secondary N) is 2. The fourth-order valence-electron chi connectivity index (χ4n) is 1.96. The zero-order valence-electron chi connectivity index (χ0n) is 13.5. The highest BCUT2D eigenvalue weighted by Gasteiger charge is 2.30. The average Bonchev–Trinajstić information content (AvgIpc) is 2.60. The third-order valence-electron chi connectivity index (χ3n) is 3.21. The molecule has 0 saturated heterocycles. The van der Waals surface area contributed by atoms with Gasteiger partial charge in [0, 0.05) is 17.3 Å². The number of nitro groups is 1. The summed E-state index contributed by atoms with van der Waals surface area (Å²) in [7, 11) is 0. The van der Waals surface area contributed by atoms with Crippen LogP contribution in [0.4, 0.5) is 24.5 Å². The highest BCUT2D eigenvalue weighted by Crippen LogP contribution is 2.30. The summed E-state index contributed by atoms with van der Waals surface area (Å²) >= 11 is 5.68. The fraction of sp³-hybridized carbons (Fsp3) is 0.125. The van der Waals surface area contributed by atoms with Crippen molar-refractivity contribution in [3.63, 3.8) is 0 Å². The molecule has 0 saturated carbocycles. The lowest BCUT2D eigenvalue weighted by atomic mass is 10.2. The summed E-state index contributed by atoms with van der Waals surface area (Å²) in [5.41, 5.74) is 1.46. The van der Waals surface area contributed by atoms with E-state index in [0.717, 1.165) is 12.1 Å². The zero-order chi connectivity index (χ0) is 20.0. The Morgan fingerprint density at radius 3 is 2.67 bits per heavy atom. The maximum atomic E-state index is 12.6. The van der Waals surface area contributed by atoms with Gasteiger partial charge in [-0.3, -0.25) is 14.9 Å². The van der Waals surface area contributed by atoms with E-state index in [9.17, 15) is 28.1 Å². The molecule has 0 unspecified atom stereocenters. The minimum absolute atomic E-state index is 0.0357. The number of rotatable bonds is 6. The van der Waals surface area contributed by atoms with Gasteiger partial charge in [0.15, 0.2) is 0 Å². The van der Waals surface area contributed by atoms with Crippen LogP contribution in [0.3, 0.4) is 0 Å². The summed E-state index contributed by atoms with van der Waals surface area (Å²) in [4.78, 5) is 21.8. The van der Waals surface area contributed by atoms with E-state index >= 15 is 0 Å². The van der Waals surface area contributed by atoms with Crippen LogP contribution in [0.1, 0.15) is 11.1 Å². The number of halogens is 4. The third kappa shape index (κ3) is 5.96. The molecule has 0 atom stereocenters. The Hall–Kier alpha value is -3.14. The second-order valence-corrected chi connectivity index (χ2v) is 5.60. The van der Waals surface area contributed by atoms with Gasteiger partial charge in [0.2, 0.25) is 0 Å². The van der Waals surface area contributed by atoms with Crippen molar-refractivity contribution < 1.29 is 22.9 Å². The summed E-state index contributed by atoms with van der Waals surface area (Å²) in [5.74, 6) is -0.618. The van der Waals surface area contributed by atoms with Crippen molar-refractivity contribution in [3.8, 4) is 0 Å². The van der Waals surface area contributed by atoms with Crippen molar-refractivity contribution in [2.24, 2.45) is 5.10 Å². The topological polar surface area (TPSA) is 96.6 Å². The summed E-state index contributed by atoms with van der Waals surface area (Å²) in [5, 5.41) is 16.9. The van der Waals surface area contributed by atoms with Crippen molar-refractivity contribution >= 4 is 35.1 Å². The maximum Gasteiger partial charge on any atom is 0.416 e. The number of amides is 1. The number of benzene rings is 2. The average molecular weight is 401 g/mol. The molecule has 0 aliphatic rings. The van der Waals surface area contributed by atoms with Crippen LogP contribution in [0.25, 0.3) is 0 Å². The van der Waals surface area contributed by atoms with E-state index in [1.165, 1.54) is 36.5 Å². The largest absolute Gasteiger partial charge is 0.416 e. The molecule has 7 nitrogen and oxygen atoms in total. The molecule has 0 spiro atoms. The van der Waals surface area contributed by atoms with Crippen molar-refractivity contribution in [1.82, 2.24) is 5.43 Å². The molecule has 0 aromatic heterocycles. The number of carbonyl (C=O) groups is 1. The Labute approximate surface area is 156 Å². The molecule has 2 aromatic carbocycles. The van der Waals surface area contributed by atoms with Crippen LogP contribution in [0.15, 0.2) is 47.6 Å². The standard InChI is InChI=1S/C16H12ClF3N4O3/c17-13-5-4-10(6-14(13)24(26)27)8-22-23-15(25)9-21-12-3-1-2-11(7-12)16(18,19)20/h1-8,21H,9H2,(H,23,25)/b22-8-. The molecule has 0 aliphatic carbocycles. The molecular formula is C16H12ClF3N4O3. The SMILES string of the molecule is O=C(CNc1cccc(C(F)(F)F)c1)N/N=C\c1ccc(Cl)c([N+](=O)[O-])c1. The van der Waals surface area contributed by atoms with Gasteiger partial charge in [-0.05, 0) is 24.3 Å². The van der Waals surface area contributed by atoms with E-state index in [0.29, 0.717) is 5.56 Å². The first-order valence-electron chi connectivity index (χ1n) is 7.34. The van der Waals surface area contributed by atoms with E-state index < -0.39 is 22.6 Å². The first-order chi connectivity index (χ1) is 12.7. The van der Waals surface area contributed by atoms with Crippen LogP contribution in [-0.4, -0.2) is 23.6 Å². The molecule has 2 aromatic rings. The number of hydrogen-bond donors (Lipinski definition) is 2. The van der Waals surface area contributed by atoms with Gasteiger partial charge in [-0.1, -0.05) is 23.7 Å². The van der Waals surface area contributed by atoms with Crippen molar-refractivity contribution in [3.05, 3.63) is 68.7 Å². The molecule has 27 heavy (non-hydrogen) atoms. The number of nitro benzene ring substituents is 1. The monoisotopic (exact) mass is 400 g/mol. The molecular weight excluding hydrogens is 389 g/mol. The van der Waals surface area contributed by atoms with Crippen molar-refractivity contribution in [2.45, 2.75) is 6.18 Å². The Morgan fingerprint density at radius 1 is 1.26 bits per heavy atom. The molecule has 0 fully saturated rings. The Bertz CT molecular complexity index is 887. The first kappa shape index (κ1) is 20.2. The molecule has 0 heterocycles. The van der Waals surface area contributed by atoms with E-state index in [-0.39, 0.29) is 22.9 Å². The van der Waals surface area contributed by atoms with Crippen LogP contribution >= 0.6 is 11.6 Å². The normalized spacial score (nSPS) is 11.4. The third-order valence-corrected chi connectivity index (χ3v) is 3.53. The van der Waals surface area contributed by atoms with Crippen LogP contribution < -0.4 is 10.7 Å². The highest BCUT2D eigenvalue weighted by molar-refractivity contribution is 6.32. The lowest BCUT2D eigenvalue weighted by Crippen LogP contribution is -2.26. The van der Waals surface area contributed by atoms with Gasteiger partial charge in [0.1, 0.15) is 5.02 Å². The number of alkyl halides is 3. The summed E-state index contributed by atoms with van der Waals surface area (Å²) in [6, 6.07) is 8.36. The van der Waals surface area contributed by atoms with E-state index in [4.69, 9.17) is 11.6 Å². The molecule has 142 valence electrons.